The molecule has 2 aromatic rings. The predicted molar refractivity (Wildman–Crippen MR) is 117 cm³/mol. The van der Waals surface area contributed by atoms with Gasteiger partial charge in [0.2, 0.25) is 5.91 Å². The molecular formula is C23H33N5O2. The van der Waals surface area contributed by atoms with Crippen molar-refractivity contribution in [2.24, 2.45) is 5.92 Å². The van der Waals surface area contributed by atoms with Crippen LogP contribution in [0.1, 0.15) is 39.4 Å². The molecule has 0 radical (unpaired) electrons. The molecule has 0 unspecified atom stereocenters. The Balaban J connectivity index is 1.35. The summed E-state index contributed by atoms with van der Waals surface area (Å²) in [5.74, 6) is 1.71. The van der Waals surface area contributed by atoms with E-state index in [4.69, 9.17) is 4.52 Å². The lowest BCUT2D eigenvalue weighted by molar-refractivity contribution is -0.134. The monoisotopic (exact) mass is 411 g/mol. The van der Waals surface area contributed by atoms with Crippen molar-refractivity contribution in [1.82, 2.24) is 19.9 Å². The van der Waals surface area contributed by atoms with E-state index in [-0.39, 0.29) is 5.92 Å². The minimum Gasteiger partial charge on any atom is -0.371 e. The van der Waals surface area contributed by atoms with Gasteiger partial charge in [-0.05, 0) is 51.0 Å². The molecule has 30 heavy (non-hydrogen) atoms. The Bertz CT molecular complexity index is 848. The molecule has 2 saturated heterocycles. The summed E-state index contributed by atoms with van der Waals surface area (Å²) >= 11 is 0. The van der Waals surface area contributed by atoms with Gasteiger partial charge in [-0.25, -0.2) is 0 Å². The summed E-state index contributed by atoms with van der Waals surface area (Å²) in [4.78, 5) is 24.4. The summed E-state index contributed by atoms with van der Waals surface area (Å²) in [6.07, 6.45) is 2.75. The minimum absolute atomic E-state index is 0.0957. The lowest BCUT2D eigenvalue weighted by atomic mass is 10.1. The summed E-state index contributed by atoms with van der Waals surface area (Å²) in [6.45, 7) is 12.0. The first-order valence-corrected chi connectivity index (χ1v) is 11.3. The first kappa shape index (κ1) is 20.8. The van der Waals surface area contributed by atoms with Crippen LogP contribution in [0, 0.1) is 5.92 Å². The van der Waals surface area contributed by atoms with E-state index in [2.05, 4.69) is 50.8 Å². The van der Waals surface area contributed by atoms with E-state index in [0.717, 1.165) is 75.6 Å². The summed E-state index contributed by atoms with van der Waals surface area (Å²) in [5.41, 5.74) is 2.07. The highest BCUT2D eigenvalue weighted by molar-refractivity contribution is 5.80. The number of amides is 1. The average molecular weight is 412 g/mol. The van der Waals surface area contributed by atoms with Crippen LogP contribution in [0.25, 0.3) is 11.5 Å². The maximum absolute atomic E-state index is 13.1. The molecular weight excluding hydrogens is 378 g/mol. The Morgan fingerprint density at radius 3 is 2.63 bits per heavy atom. The smallest absolute Gasteiger partial charge is 0.257 e. The van der Waals surface area contributed by atoms with Gasteiger partial charge in [-0.15, -0.1) is 0 Å². The Hall–Kier alpha value is -2.41. The molecule has 3 heterocycles. The zero-order valence-electron chi connectivity index (χ0n) is 18.4. The Morgan fingerprint density at radius 2 is 1.93 bits per heavy atom. The van der Waals surface area contributed by atoms with Crippen LogP contribution >= 0.6 is 0 Å². The maximum atomic E-state index is 13.1. The molecule has 1 aromatic heterocycles. The van der Waals surface area contributed by atoms with Crippen molar-refractivity contribution in [3.63, 3.8) is 0 Å². The van der Waals surface area contributed by atoms with Gasteiger partial charge in [-0.3, -0.25) is 9.69 Å². The van der Waals surface area contributed by atoms with E-state index in [1.54, 1.807) is 0 Å². The fourth-order valence-corrected chi connectivity index (χ4v) is 4.46. The second kappa shape index (κ2) is 9.16. The fraction of sp³-hybridized carbons (Fsp3) is 0.609. The van der Waals surface area contributed by atoms with Crippen molar-refractivity contribution in [2.75, 3.05) is 44.2 Å². The lowest BCUT2D eigenvalue weighted by Crippen LogP contribution is -2.40. The van der Waals surface area contributed by atoms with Crippen LogP contribution in [-0.4, -0.2) is 71.2 Å². The van der Waals surface area contributed by atoms with Crippen LogP contribution in [0.15, 0.2) is 28.8 Å². The Morgan fingerprint density at radius 1 is 1.13 bits per heavy atom. The minimum atomic E-state index is 0.0957. The molecule has 4 rings (SSSR count). The van der Waals surface area contributed by atoms with Crippen LogP contribution in [0.2, 0.25) is 0 Å². The number of nitrogens with zero attached hydrogens (tertiary/aromatic N) is 5. The predicted octanol–water partition coefficient (Wildman–Crippen LogP) is 3.07. The third kappa shape index (κ3) is 4.51. The third-order valence-corrected chi connectivity index (χ3v) is 6.37. The van der Waals surface area contributed by atoms with Crippen molar-refractivity contribution in [3.8, 4) is 11.5 Å². The lowest BCUT2D eigenvalue weighted by Gasteiger charge is -2.26. The SMILES string of the molecule is CCc1noc(-c2ccc(N3CC[C@H](C(=O)N4CCCN(C(C)C)CC4)C3)cc2)n1. The first-order chi connectivity index (χ1) is 14.5. The molecule has 1 amide bonds. The molecule has 7 heteroatoms. The molecule has 0 spiro atoms. The van der Waals surface area contributed by atoms with Crippen molar-refractivity contribution in [2.45, 2.75) is 46.1 Å². The van der Waals surface area contributed by atoms with E-state index in [0.29, 0.717) is 17.8 Å². The highest BCUT2D eigenvalue weighted by Gasteiger charge is 2.32. The third-order valence-electron chi connectivity index (χ3n) is 6.37. The molecule has 0 N–H and O–H groups in total. The molecule has 0 aliphatic carbocycles. The van der Waals surface area contributed by atoms with Crippen molar-refractivity contribution in [1.29, 1.82) is 0 Å². The normalized spacial score (nSPS) is 20.7. The number of hydrogen-bond acceptors (Lipinski definition) is 6. The van der Waals surface area contributed by atoms with Gasteiger partial charge in [0.1, 0.15) is 0 Å². The number of rotatable bonds is 5. The molecule has 1 aromatic carbocycles. The number of carbonyl (C=O) groups is 1. The van der Waals surface area contributed by atoms with E-state index < -0.39 is 0 Å². The molecule has 0 bridgehead atoms. The molecule has 0 saturated carbocycles. The number of anilines is 1. The molecule has 7 nitrogen and oxygen atoms in total. The van der Waals surface area contributed by atoms with Gasteiger partial charge >= 0.3 is 0 Å². The maximum Gasteiger partial charge on any atom is 0.257 e. The molecule has 2 fully saturated rings. The summed E-state index contributed by atoms with van der Waals surface area (Å²) in [7, 11) is 0. The number of aromatic nitrogens is 2. The summed E-state index contributed by atoms with van der Waals surface area (Å²) in [5, 5.41) is 3.96. The second-order valence-electron chi connectivity index (χ2n) is 8.66. The Kier molecular flexibility index (Phi) is 6.37. The van der Waals surface area contributed by atoms with Crippen molar-refractivity contribution < 1.29 is 9.32 Å². The summed E-state index contributed by atoms with van der Waals surface area (Å²) < 4.78 is 5.33. The topological polar surface area (TPSA) is 65.7 Å². The molecule has 2 aliphatic heterocycles. The van der Waals surface area contributed by atoms with Gasteiger partial charge < -0.3 is 14.3 Å². The zero-order valence-corrected chi connectivity index (χ0v) is 18.4. The first-order valence-electron chi connectivity index (χ1n) is 11.3. The van der Waals surface area contributed by atoms with Crippen LogP contribution in [0.4, 0.5) is 5.69 Å². The van der Waals surface area contributed by atoms with Gasteiger partial charge in [0.15, 0.2) is 5.82 Å². The van der Waals surface area contributed by atoms with Gasteiger partial charge in [-0.1, -0.05) is 12.1 Å². The van der Waals surface area contributed by atoms with E-state index >= 15 is 0 Å². The van der Waals surface area contributed by atoms with Crippen LogP contribution in [0.5, 0.6) is 0 Å². The van der Waals surface area contributed by atoms with E-state index in [9.17, 15) is 4.79 Å². The summed E-state index contributed by atoms with van der Waals surface area (Å²) in [6, 6.07) is 8.76. The largest absolute Gasteiger partial charge is 0.371 e. The van der Waals surface area contributed by atoms with Gasteiger partial charge in [0, 0.05) is 63.0 Å². The zero-order chi connectivity index (χ0) is 21.1. The molecule has 2 aliphatic rings. The van der Waals surface area contributed by atoms with Crippen LogP contribution in [-0.2, 0) is 11.2 Å². The highest BCUT2D eigenvalue weighted by atomic mass is 16.5. The highest BCUT2D eigenvalue weighted by Crippen LogP contribution is 2.28. The van der Waals surface area contributed by atoms with Crippen LogP contribution < -0.4 is 4.90 Å². The number of aryl methyl sites for hydroxylation is 1. The molecule has 162 valence electrons. The quantitative estimate of drug-likeness (QED) is 0.753. The van der Waals surface area contributed by atoms with Crippen LogP contribution in [0.3, 0.4) is 0 Å². The average Bonchev–Trinajstić information content (AvgIpc) is 3.38. The number of hydrogen-bond donors (Lipinski definition) is 0. The number of carbonyl (C=O) groups excluding carboxylic acids is 1. The van der Waals surface area contributed by atoms with E-state index in [1.165, 1.54) is 0 Å². The standard InChI is InChI=1S/C23H33N5O2/c1-4-21-24-22(30-25-21)18-6-8-20(9-7-18)28-13-10-19(16-28)23(29)27-12-5-11-26(14-15-27)17(2)3/h6-9,17,19H,4-5,10-16H2,1-3H3/t19-/m0/s1. The second-order valence-corrected chi connectivity index (χ2v) is 8.66. The van der Waals surface area contributed by atoms with Gasteiger partial charge in [0.05, 0.1) is 5.92 Å². The number of benzene rings is 1. The van der Waals surface area contributed by atoms with Crippen molar-refractivity contribution in [3.05, 3.63) is 30.1 Å². The molecule has 1 atom stereocenters. The van der Waals surface area contributed by atoms with E-state index in [1.807, 2.05) is 19.1 Å². The van der Waals surface area contributed by atoms with Gasteiger partial charge in [-0.2, -0.15) is 4.98 Å². The van der Waals surface area contributed by atoms with Gasteiger partial charge in [0.25, 0.3) is 5.89 Å². The Labute approximate surface area is 179 Å². The van der Waals surface area contributed by atoms with Crippen molar-refractivity contribution >= 4 is 11.6 Å². The fourth-order valence-electron chi connectivity index (χ4n) is 4.46.